The van der Waals surface area contributed by atoms with E-state index in [0.717, 1.165) is 32.0 Å². The third kappa shape index (κ3) is 6.16. The fraction of sp³-hybridized carbons (Fsp3) is 0.421. The van der Waals surface area contributed by atoms with Crippen molar-refractivity contribution in [1.82, 2.24) is 9.88 Å². The predicted octanol–water partition coefficient (Wildman–Crippen LogP) is 1.98. The van der Waals surface area contributed by atoms with E-state index in [4.69, 9.17) is 4.74 Å². The molecule has 2 aromatic rings. The van der Waals surface area contributed by atoms with E-state index in [0.29, 0.717) is 18.0 Å². The van der Waals surface area contributed by atoms with Crippen molar-refractivity contribution in [3.63, 3.8) is 0 Å². The quantitative estimate of drug-likeness (QED) is 0.672. The van der Waals surface area contributed by atoms with Crippen LogP contribution < -0.4 is 9.64 Å². The lowest BCUT2D eigenvalue weighted by Crippen LogP contribution is -2.49. The number of hydrogen-bond acceptors (Lipinski definition) is 9. The lowest BCUT2D eigenvalue weighted by atomic mass is 10.2. The second kappa shape index (κ2) is 10.4. The first-order valence-corrected chi connectivity index (χ1v) is 10.1. The number of β-amino-alcohol motifs (C(OH)–C–C–N with tert-alkyl or cyclic N) is 1. The van der Waals surface area contributed by atoms with Gasteiger partial charge in [0.15, 0.2) is 0 Å². The summed E-state index contributed by atoms with van der Waals surface area (Å²) < 4.78 is 25.3. The average molecular weight is 406 g/mol. The molecule has 1 N–H and O–H groups in total. The van der Waals surface area contributed by atoms with Crippen LogP contribution >= 0.6 is 0 Å². The summed E-state index contributed by atoms with van der Waals surface area (Å²) in [5, 5.41) is 10.3. The summed E-state index contributed by atoms with van der Waals surface area (Å²) in [6.07, 6.45) is 1.23. The summed E-state index contributed by atoms with van der Waals surface area (Å²) in [6.45, 7) is 4.30. The van der Waals surface area contributed by atoms with Gasteiger partial charge in [-0.3, -0.25) is 4.90 Å². The summed E-state index contributed by atoms with van der Waals surface area (Å²) in [6, 6.07) is 12.8. The van der Waals surface area contributed by atoms with E-state index >= 15 is 0 Å². The Bertz CT molecular complexity index is 804. The van der Waals surface area contributed by atoms with Crippen LogP contribution in [0.25, 0.3) is 0 Å². The second-order valence-electron chi connectivity index (χ2n) is 6.41. The van der Waals surface area contributed by atoms with Crippen LogP contribution in [-0.4, -0.2) is 67.5 Å². The molecular formula is C19H25N4O4S-. The van der Waals surface area contributed by atoms with Crippen molar-refractivity contribution in [3.8, 4) is 5.75 Å². The van der Waals surface area contributed by atoms with Gasteiger partial charge in [0.25, 0.3) is 0 Å². The van der Waals surface area contributed by atoms with E-state index in [1.807, 2.05) is 18.2 Å². The first kappa shape index (κ1) is 20.5. The number of aliphatic hydroxyl groups excluding tert-OH is 1. The summed E-state index contributed by atoms with van der Waals surface area (Å²) >= 11 is 0. The minimum Gasteiger partial charge on any atom is -0.491 e. The molecule has 28 heavy (non-hydrogen) atoms. The predicted molar refractivity (Wildman–Crippen MR) is 108 cm³/mol. The molecule has 0 aliphatic carbocycles. The maximum Gasteiger partial charge on any atom is 0.128 e. The first-order chi connectivity index (χ1) is 13.6. The number of ether oxygens (including phenoxy) is 1. The number of anilines is 1. The van der Waals surface area contributed by atoms with Gasteiger partial charge in [-0.1, -0.05) is 16.9 Å². The maximum absolute atomic E-state index is 11.2. The zero-order chi connectivity index (χ0) is 19.8. The Morgan fingerprint density at radius 1 is 1.18 bits per heavy atom. The molecule has 1 aromatic carbocycles. The Morgan fingerprint density at radius 3 is 2.57 bits per heavy atom. The molecule has 8 nitrogen and oxygen atoms in total. The molecule has 0 bridgehead atoms. The maximum atomic E-state index is 11.2. The Kier molecular flexibility index (Phi) is 7.61. The Hall–Kier alpha value is -2.20. The van der Waals surface area contributed by atoms with Gasteiger partial charge in [0.05, 0.1) is 0 Å². The molecule has 0 amide bonds. The lowest BCUT2D eigenvalue weighted by Gasteiger charge is -2.36. The van der Waals surface area contributed by atoms with E-state index in [9.17, 15) is 9.32 Å². The molecule has 1 aliphatic rings. The number of nitrogens with zero attached hydrogens (tertiary/aromatic N) is 4. The van der Waals surface area contributed by atoms with Crippen molar-refractivity contribution in [2.75, 3.05) is 51.3 Å². The van der Waals surface area contributed by atoms with Crippen molar-refractivity contribution in [2.24, 2.45) is 4.36 Å². The van der Waals surface area contributed by atoms with E-state index in [-0.39, 0.29) is 6.61 Å². The van der Waals surface area contributed by atoms with Crippen LogP contribution in [0.15, 0.2) is 53.0 Å². The number of rotatable bonds is 8. The number of hydrogen-bond donors (Lipinski definition) is 1. The Balaban J connectivity index is 1.40. The molecule has 1 aliphatic heterocycles. The third-order valence-corrected chi connectivity index (χ3v) is 5.06. The molecule has 152 valence electrons. The van der Waals surface area contributed by atoms with Crippen molar-refractivity contribution < 1.29 is 18.2 Å². The third-order valence-electron chi connectivity index (χ3n) is 4.42. The largest absolute Gasteiger partial charge is 0.491 e. The van der Waals surface area contributed by atoms with Gasteiger partial charge in [0, 0.05) is 51.7 Å². The smallest absolute Gasteiger partial charge is 0.128 e. The van der Waals surface area contributed by atoms with Gasteiger partial charge < -0.3 is 27.5 Å². The van der Waals surface area contributed by atoms with E-state index in [2.05, 4.69) is 23.3 Å². The average Bonchev–Trinajstić information content (AvgIpc) is 2.74. The van der Waals surface area contributed by atoms with Crippen LogP contribution in [0.3, 0.4) is 0 Å². The van der Waals surface area contributed by atoms with Crippen molar-refractivity contribution >= 4 is 22.4 Å². The summed E-state index contributed by atoms with van der Waals surface area (Å²) in [4.78, 5) is 8.87. The van der Waals surface area contributed by atoms with Crippen molar-refractivity contribution in [2.45, 2.75) is 6.10 Å². The number of benzene rings is 1. The number of pyridine rings is 1. The Labute approximate surface area is 167 Å². The molecule has 3 rings (SSSR count). The SMILES string of the molecule is CO[S-](=O)=Nc1ccc(OCC(O)CN2CCN(c3ccccn3)CC2)cc1. The van der Waals surface area contributed by atoms with E-state index in [1.54, 1.807) is 30.5 Å². The standard InChI is InChI=1S/C19H25N4O4S/c1-26-28(25)21-16-5-7-18(8-6-16)27-15-17(24)14-22-10-12-23(13-11-22)19-4-2-3-9-20-19/h2-9,17,24H,10-15H2,1H3/q-1. The Morgan fingerprint density at radius 2 is 1.93 bits per heavy atom. The highest BCUT2D eigenvalue weighted by Gasteiger charge is 2.20. The molecule has 0 spiro atoms. The molecule has 1 aromatic heterocycles. The minimum atomic E-state index is -1.68. The van der Waals surface area contributed by atoms with Crippen LogP contribution in [-0.2, 0) is 19.3 Å². The van der Waals surface area contributed by atoms with Gasteiger partial charge >= 0.3 is 0 Å². The first-order valence-electron chi connectivity index (χ1n) is 9.11. The highest BCUT2D eigenvalue weighted by Crippen LogP contribution is 2.19. The molecule has 1 unspecified atom stereocenters. The normalized spacial score (nSPS) is 17.4. The number of piperazine rings is 1. The zero-order valence-corrected chi connectivity index (χ0v) is 16.6. The van der Waals surface area contributed by atoms with Gasteiger partial charge in [-0.15, -0.1) is 0 Å². The molecule has 1 atom stereocenters. The molecule has 1 fully saturated rings. The summed E-state index contributed by atoms with van der Waals surface area (Å²) in [7, 11) is -0.353. The lowest BCUT2D eigenvalue weighted by molar-refractivity contribution is 0.0662. The van der Waals surface area contributed by atoms with Gasteiger partial charge in [-0.25, -0.2) is 4.98 Å². The van der Waals surface area contributed by atoms with Crippen LogP contribution in [0.1, 0.15) is 0 Å². The fourth-order valence-electron chi connectivity index (χ4n) is 2.97. The van der Waals surface area contributed by atoms with Crippen LogP contribution in [0.5, 0.6) is 5.75 Å². The topological polar surface area (TPSA) is 87.5 Å². The monoisotopic (exact) mass is 405 g/mol. The number of aromatic nitrogens is 1. The van der Waals surface area contributed by atoms with Crippen molar-refractivity contribution in [1.29, 1.82) is 0 Å². The molecule has 9 heteroatoms. The molecular weight excluding hydrogens is 380 g/mol. The van der Waals surface area contributed by atoms with Gasteiger partial charge in [-0.2, -0.15) is 0 Å². The summed E-state index contributed by atoms with van der Waals surface area (Å²) in [5.74, 6) is 1.62. The highest BCUT2D eigenvalue weighted by molar-refractivity contribution is 7.69. The molecule has 2 heterocycles. The van der Waals surface area contributed by atoms with Gasteiger partial charge in [0.2, 0.25) is 0 Å². The molecule has 1 saturated heterocycles. The van der Waals surface area contributed by atoms with Crippen LogP contribution in [0.4, 0.5) is 11.5 Å². The highest BCUT2D eigenvalue weighted by atomic mass is 32.2. The molecule has 0 saturated carbocycles. The van der Waals surface area contributed by atoms with E-state index < -0.39 is 17.0 Å². The zero-order valence-electron chi connectivity index (χ0n) is 15.8. The van der Waals surface area contributed by atoms with Crippen molar-refractivity contribution in [3.05, 3.63) is 48.7 Å². The van der Waals surface area contributed by atoms with Crippen LogP contribution in [0, 0.1) is 0 Å². The summed E-state index contributed by atoms with van der Waals surface area (Å²) in [5.41, 5.74) is 0.541. The van der Waals surface area contributed by atoms with Gasteiger partial charge in [0.1, 0.15) is 24.3 Å². The minimum absolute atomic E-state index is 0.209. The van der Waals surface area contributed by atoms with Gasteiger partial charge in [-0.05, 0) is 36.4 Å². The molecule has 0 radical (unpaired) electrons. The van der Waals surface area contributed by atoms with E-state index in [1.165, 1.54) is 7.11 Å². The fourth-order valence-corrected chi connectivity index (χ4v) is 3.34. The second-order valence-corrected chi connectivity index (χ2v) is 7.36. The number of aliphatic hydroxyl groups is 1. The van der Waals surface area contributed by atoms with Crippen LogP contribution in [0.2, 0.25) is 0 Å².